The molecule has 1 saturated heterocycles. The first-order chi connectivity index (χ1) is 12.2. The van der Waals surface area contributed by atoms with E-state index in [1.165, 1.54) is 23.9 Å². The number of oxazole rings is 1. The van der Waals surface area contributed by atoms with Crippen LogP contribution in [0.3, 0.4) is 0 Å². The predicted molar refractivity (Wildman–Crippen MR) is 94.8 cm³/mol. The van der Waals surface area contributed by atoms with Crippen LogP contribution in [0.1, 0.15) is 24.4 Å². The Labute approximate surface area is 149 Å². The van der Waals surface area contributed by atoms with Crippen LogP contribution in [0.2, 0.25) is 0 Å². The lowest BCUT2D eigenvalue weighted by molar-refractivity contribution is -0.129. The number of para-hydroxylation sites is 2. The number of carbonyl (C=O) groups is 1. The third kappa shape index (κ3) is 3.39. The summed E-state index contributed by atoms with van der Waals surface area (Å²) in [5, 5.41) is 0.507. The first kappa shape index (κ1) is 16.1. The average molecular weight is 356 g/mol. The maximum Gasteiger partial charge on any atom is 0.257 e. The van der Waals surface area contributed by atoms with Gasteiger partial charge in [-0.15, -0.1) is 0 Å². The largest absolute Gasteiger partial charge is 0.431 e. The minimum absolute atomic E-state index is 0.0253. The molecule has 1 aliphatic rings. The van der Waals surface area contributed by atoms with Gasteiger partial charge in [-0.2, -0.15) is 0 Å². The normalized spacial score (nSPS) is 17.3. The summed E-state index contributed by atoms with van der Waals surface area (Å²) < 4.78 is 18.8. The van der Waals surface area contributed by atoms with Crippen molar-refractivity contribution in [3.63, 3.8) is 0 Å². The fourth-order valence-electron chi connectivity index (χ4n) is 3.22. The summed E-state index contributed by atoms with van der Waals surface area (Å²) in [6, 6.07) is 14.0. The molecule has 1 aliphatic heterocycles. The number of rotatable bonds is 4. The molecule has 128 valence electrons. The first-order valence-corrected chi connectivity index (χ1v) is 9.22. The summed E-state index contributed by atoms with van der Waals surface area (Å²) in [5.41, 5.74) is 2.50. The van der Waals surface area contributed by atoms with Crippen molar-refractivity contribution >= 4 is 28.8 Å². The van der Waals surface area contributed by atoms with Gasteiger partial charge in [0.05, 0.1) is 11.8 Å². The molecule has 0 aliphatic carbocycles. The zero-order valence-corrected chi connectivity index (χ0v) is 14.3. The summed E-state index contributed by atoms with van der Waals surface area (Å²) in [7, 11) is 0. The Balaban J connectivity index is 1.43. The molecular formula is C19H17FN2O2S. The van der Waals surface area contributed by atoms with Gasteiger partial charge in [0.25, 0.3) is 5.22 Å². The molecule has 0 bridgehead atoms. The van der Waals surface area contributed by atoms with E-state index in [0.29, 0.717) is 5.22 Å². The summed E-state index contributed by atoms with van der Waals surface area (Å²) >= 11 is 1.31. The molecule has 0 spiro atoms. The second kappa shape index (κ2) is 6.88. The maximum absolute atomic E-state index is 13.1. The summed E-state index contributed by atoms with van der Waals surface area (Å²) in [4.78, 5) is 18.9. The highest BCUT2D eigenvalue weighted by Gasteiger charge is 2.30. The molecule has 4 nitrogen and oxygen atoms in total. The van der Waals surface area contributed by atoms with E-state index >= 15 is 0 Å². The lowest BCUT2D eigenvalue weighted by Gasteiger charge is -2.24. The van der Waals surface area contributed by atoms with E-state index in [1.54, 1.807) is 12.1 Å². The molecule has 4 rings (SSSR count). The van der Waals surface area contributed by atoms with Gasteiger partial charge in [-0.25, -0.2) is 9.37 Å². The van der Waals surface area contributed by atoms with E-state index in [2.05, 4.69) is 4.98 Å². The number of aromatic nitrogens is 1. The average Bonchev–Trinajstić information content (AvgIpc) is 3.27. The van der Waals surface area contributed by atoms with Gasteiger partial charge in [0.15, 0.2) is 5.58 Å². The fraction of sp³-hybridized carbons (Fsp3) is 0.263. The molecule has 0 N–H and O–H groups in total. The highest BCUT2D eigenvalue weighted by Crippen LogP contribution is 2.33. The van der Waals surface area contributed by atoms with Gasteiger partial charge >= 0.3 is 0 Å². The van der Waals surface area contributed by atoms with Crippen molar-refractivity contribution in [2.24, 2.45) is 0 Å². The van der Waals surface area contributed by atoms with Crippen LogP contribution < -0.4 is 0 Å². The Hall–Kier alpha value is -2.34. The number of likely N-dealkylation sites (tertiary alicyclic amines) is 1. The van der Waals surface area contributed by atoms with E-state index in [4.69, 9.17) is 4.42 Å². The van der Waals surface area contributed by atoms with Crippen molar-refractivity contribution in [1.82, 2.24) is 9.88 Å². The minimum Gasteiger partial charge on any atom is -0.431 e. The summed E-state index contributed by atoms with van der Waals surface area (Å²) in [6.07, 6.45) is 1.87. The zero-order valence-electron chi connectivity index (χ0n) is 13.5. The lowest BCUT2D eigenvalue weighted by Crippen LogP contribution is -2.31. The Morgan fingerprint density at radius 2 is 2.04 bits per heavy atom. The van der Waals surface area contributed by atoms with Crippen molar-refractivity contribution in [2.45, 2.75) is 24.1 Å². The molecule has 1 aromatic heterocycles. The number of fused-ring (bicyclic) bond motifs is 1. The minimum atomic E-state index is -0.258. The number of thioether (sulfide) groups is 1. The van der Waals surface area contributed by atoms with Crippen LogP contribution in [0.25, 0.3) is 11.1 Å². The standard InChI is InChI=1S/C19H17FN2O2S/c20-14-9-7-13(8-10-14)16-5-3-11-22(16)18(23)12-25-19-21-15-4-1-2-6-17(15)24-19/h1-2,4,6-10,16H,3,5,11-12H2. The predicted octanol–water partition coefficient (Wildman–Crippen LogP) is 4.42. The monoisotopic (exact) mass is 356 g/mol. The number of hydrogen-bond donors (Lipinski definition) is 0. The lowest BCUT2D eigenvalue weighted by atomic mass is 10.0. The number of benzene rings is 2. The van der Waals surface area contributed by atoms with E-state index in [0.717, 1.165) is 36.0 Å². The molecule has 3 aromatic rings. The molecular weight excluding hydrogens is 339 g/mol. The number of halogens is 1. The molecule has 1 unspecified atom stereocenters. The van der Waals surface area contributed by atoms with Crippen LogP contribution in [0, 0.1) is 5.82 Å². The van der Waals surface area contributed by atoms with Crippen molar-refractivity contribution < 1.29 is 13.6 Å². The number of nitrogens with zero attached hydrogens (tertiary/aromatic N) is 2. The summed E-state index contributed by atoms with van der Waals surface area (Å²) in [5.74, 6) is 0.0788. The summed E-state index contributed by atoms with van der Waals surface area (Å²) in [6.45, 7) is 0.731. The maximum atomic E-state index is 13.1. The Morgan fingerprint density at radius 3 is 2.84 bits per heavy atom. The van der Waals surface area contributed by atoms with E-state index in [1.807, 2.05) is 29.2 Å². The van der Waals surface area contributed by atoms with Crippen LogP contribution in [0.4, 0.5) is 4.39 Å². The van der Waals surface area contributed by atoms with Gasteiger partial charge in [0.2, 0.25) is 5.91 Å². The van der Waals surface area contributed by atoms with Gasteiger partial charge in [-0.05, 0) is 42.7 Å². The van der Waals surface area contributed by atoms with Crippen LogP contribution in [0.5, 0.6) is 0 Å². The van der Waals surface area contributed by atoms with Gasteiger partial charge in [0.1, 0.15) is 11.3 Å². The van der Waals surface area contributed by atoms with Gasteiger partial charge in [-0.3, -0.25) is 4.79 Å². The second-order valence-corrected chi connectivity index (χ2v) is 6.96. The Bertz CT molecular complexity index is 861. The van der Waals surface area contributed by atoms with Gasteiger partial charge in [-0.1, -0.05) is 36.0 Å². The highest BCUT2D eigenvalue weighted by atomic mass is 32.2. The molecule has 6 heteroatoms. The Morgan fingerprint density at radius 1 is 1.24 bits per heavy atom. The SMILES string of the molecule is O=C(CSc1nc2ccccc2o1)N1CCCC1c1ccc(F)cc1. The molecule has 2 heterocycles. The van der Waals surface area contributed by atoms with Gasteiger partial charge < -0.3 is 9.32 Å². The number of hydrogen-bond acceptors (Lipinski definition) is 4. The number of carbonyl (C=O) groups excluding carboxylic acids is 1. The van der Waals surface area contributed by atoms with Crippen molar-refractivity contribution in [2.75, 3.05) is 12.3 Å². The molecule has 0 saturated carbocycles. The molecule has 1 fully saturated rings. The third-order valence-corrected chi connectivity index (χ3v) is 5.23. The van der Waals surface area contributed by atoms with Crippen molar-refractivity contribution in [3.8, 4) is 0 Å². The number of amides is 1. The molecule has 1 atom stereocenters. The molecule has 25 heavy (non-hydrogen) atoms. The van der Waals surface area contributed by atoms with Crippen LogP contribution in [0.15, 0.2) is 58.2 Å². The second-order valence-electron chi connectivity index (χ2n) is 6.03. The van der Waals surface area contributed by atoms with Crippen molar-refractivity contribution in [3.05, 3.63) is 59.9 Å². The quantitative estimate of drug-likeness (QED) is 0.649. The van der Waals surface area contributed by atoms with E-state index < -0.39 is 0 Å². The highest BCUT2D eigenvalue weighted by molar-refractivity contribution is 7.99. The van der Waals surface area contributed by atoms with Gasteiger partial charge in [0, 0.05) is 6.54 Å². The van der Waals surface area contributed by atoms with E-state index in [-0.39, 0.29) is 23.5 Å². The Kier molecular flexibility index (Phi) is 4.44. The zero-order chi connectivity index (χ0) is 17.2. The third-order valence-electron chi connectivity index (χ3n) is 4.42. The van der Waals surface area contributed by atoms with Crippen LogP contribution in [-0.2, 0) is 4.79 Å². The van der Waals surface area contributed by atoms with Crippen LogP contribution in [-0.4, -0.2) is 28.1 Å². The van der Waals surface area contributed by atoms with E-state index in [9.17, 15) is 9.18 Å². The topological polar surface area (TPSA) is 46.3 Å². The smallest absolute Gasteiger partial charge is 0.257 e. The van der Waals surface area contributed by atoms with Crippen LogP contribution >= 0.6 is 11.8 Å². The molecule has 0 radical (unpaired) electrons. The van der Waals surface area contributed by atoms with Crippen molar-refractivity contribution in [1.29, 1.82) is 0 Å². The first-order valence-electron chi connectivity index (χ1n) is 8.24. The molecule has 2 aromatic carbocycles. The molecule has 1 amide bonds. The fourth-order valence-corrected chi connectivity index (χ4v) is 3.94.